The predicted molar refractivity (Wildman–Crippen MR) is 152 cm³/mol. The molecule has 0 aliphatic carbocycles. The van der Waals surface area contributed by atoms with Gasteiger partial charge < -0.3 is 24.3 Å². The number of halogens is 1. The molecule has 1 unspecified atom stereocenters. The topological polar surface area (TPSA) is 143 Å². The van der Waals surface area contributed by atoms with Crippen LogP contribution in [0.1, 0.15) is 0 Å². The zero-order valence-electron chi connectivity index (χ0n) is 21.7. The molecule has 1 saturated heterocycles. The lowest BCUT2D eigenvalue weighted by Gasteiger charge is -2.36. The minimum absolute atomic E-state index is 0.131. The van der Waals surface area contributed by atoms with Crippen LogP contribution >= 0.6 is 11.3 Å². The second-order valence-corrected chi connectivity index (χ2v) is 11.9. The average Bonchev–Trinajstić information content (AvgIpc) is 3.67. The van der Waals surface area contributed by atoms with E-state index in [1.807, 2.05) is 4.90 Å². The Kier molecular flexibility index (Phi) is 7.35. The number of rotatable bonds is 9. The maximum Gasteiger partial charge on any atom is 0.309 e. The fraction of sp³-hybridized carbons (Fsp3) is 0.360. The molecule has 0 radical (unpaired) electrons. The number of hydrogen-bond acceptors (Lipinski definition) is 11. The van der Waals surface area contributed by atoms with Crippen molar-refractivity contribution in [2.45, 2.75) is 6.54 Å². The number of nitrogens with zero attached hydrogens (tertiary/aromatic N) is 7. The van der Waals surface area contributed by atoms with E-state index in [-0.39, 0.29) is 23.2 Å². The summed E-state index contributed by atoms with van der Waals surface area (Å²) < 4.78 is 40.5. The first-order valence-electron chi connectivity index (χ1n) is 12.7. The van der Waals surface area contributed by atoms with Gasteiger partial charge in [0.25, 0.3) is 0 Å². The fourth-order valence-corrected chi connectivity index (χ4v) is 5.95. The lowest BCUT2D eigenvalue weighted by molar-refractivity contribution is 0.248. The van der Waals surface area contributed by atoms with Crippen LogP contribution in [0, 0.1) is 5.82 Å². The Morgan fingerprint density at radius 1 is 1.18 bits per heavy atom. The molecule has 1 aromatic carbocycles. The van der Waals surface area contributed by atoms with Gasteiger partial charge in [0.1, 0.15) is 28.6 Å². The quantitative estimate of drug-likeness (QED) is 0.255. The Morgan fingerprint density at radius 2 is 2.00 bits per heavy atom. The van der Waals surface area contributed by atoms with Crippen molar-refractivity contribution in [1.29, 1.82) is 0 Å². The molecule has 0 spiro atoms. The van der Waals surface area contributed by atoms with E-state index in [1.54, 1.807) is 35.1 Å². The molecule has 4 aromatic heterocycles. The van der Waals surface area contributed by atoms with E-state index >= 15 is 0 Å². The van der Waals surface area contributed by atoms with E-state index in [0.29, 0.717) is 84.0 Å². The summed E-state index contributed by atoms with van der Waals surface area (Å²) >= 11 is 0.106. The van der Waals surface area contributed by atoms with Crippen LogP contribution in [0.25, 0.3) is 27.6 Å². The maximum absolute atomic E-state index is 14.8. The first-order valence-corrected chi connectivity index (χ1v) is 15.2. The zero-order valence-corrected chi connectivity index (χ0v) is 23.3. The lowest BCUT2D eigenvalue weighted by atomic mass is 10.2. The molecule has 0 amide bonds. The van der Waals surface area contributed by atoms with Crippen LogP contribution in [0.3, 0.4) is 0 Å². The highest BCUT2D eigenvalue weighted by atomic mass is 32.2. The molecule has 15 heteroatoms. The van der Waals surface area contributed by atoms with Gasteiger partial charge in [-0.3, -0.25) is 14.3 Å². The van der Waals surface area contributed by atoms with E-state index in [2.05, 4.69) is 20.0 Å². The van der Waals surface area contributed by atoms with Gasteiger partial charge in [-0.1, -0.05) is 22.5 Å². The van der Waals surface area contributed by atoms with Crippen molar-refractivity contribution in [3.05, 3.63) is 52.1 Å². The number of anilines is 2. The summed E-state index contributed by atoms with van der Waals surface area (Å²) in [6.45, 7) is 4.06. The number of hydrogen-bond donors (Lipinski definition) is 1. The summed E-state index contributed by atoms with van der Waals surface area (Å²) in [4.78, 5) is 26.0. The van der Waals surface area contributed by atoms with Gasteiger partial charge in [0, 0.05) is 45.3 Å². The molecule has 40 heavy (non-hydrogen) atoms. The SMILES string of the molecule is C[S+]([O-])CCOc1ccc(N2CCN(CCn3c(=O)sc4c3nc(N)n3nc(-c5ccco5)nc43)CC2)c(F)c1. The Balaban J connectivity index is 1.11. The third kappa shape index (κ3) is 5.24. The van der Waals surface area contributed by atoms with Crippen LogP contribution in [0.2, 0.25) is 0 Å². The molecule has 5 aromatic rings. The highest BCUT2D eigenvalue weighted by molar-refractivity contribution is 7.90. The van der Waals surface area contributed by atoms with Gasteiger partial charge in [0.2, 0.25) is 11.8 Å². The van der Waals surface area contributed by atoms with Crippen molar-refractivity contribution in [2.24, 2.45) is 0 Å². The number of aromatic nitrogens is 5. The second kappa shape index (κ2) is 11.1. The Morgan fingerprint density at radius 3 is 2.73 bits per heavy atom. The van der Waals surface area contributed by atoms with Crippen molar-refractivity contribution in [1.82, 2.24) is 29.0 Å². The third-order valence-electron chi connectivity index (χ3n) is 6.77. The number of ether oxygens (including phenoxy) is 1. The van der Waals surface area contributed by atoms with E-state index < -0.39 is 11.2 Å². The Bertz CT molecular complexity index is 1690. The number of benzene rings is 1. The van der Waals surface area contributed by atoms with Crippen LogP contribution in [0.15, 0.2) is 45.8 Å². The molecule has 5 heterocycles. The molecular weight excluding hydrogens is 559 g/mol. The number of nitrogens with two attached hydrogens (primary N) is 1. The fourth-order valence-electron chi connectivity index (χ4n) is 4.70. The standard InChI is InChI=1S/C25H27FN8O4S2/c1-40(36)14-13-37-16-4-5-18(17(26)15-16)32-9-6-31(7-10-32)8-11-33-22-20(39-25(33)35)23-28-21(19-3-2-12-38-19)30-34(23)24(27)29-22/h2-5,12,15H,6-11,13-14H2,1H3,(H2,27,29). The summed E-state index contributed by atoms with van der Waals surface area (Å²) in [5, 5.41) is 4.39. The van der Waals surface area contributed by atoms with Crippen LogP contribution in [-0.4, -0.2) is 84.9 Å². The zero-order chi connectivity index (χ0) is 27.8. The number of thiazole rings is 1. The molecule has 2 N–H and O–H groups in total. The van der Waals surface area contributed by atoms with Gasteiger partial charge in [0.15, 0.2) is 17.1 Å². The van der Waals surface area contributed by atoms with Crippen molar-refractivity contribution in [2.75, 3.05) is 62.0 Å². The number of furan rings is 1. The molecule has 0 saturated carbocycles. The molecule has 0 bridgehead atoms. The van der Waals surface area contributed by atoms with Gasteiger partial charge in [-0.05, 0) is 24.3 Å². The first-order chi connectivity index (χ1) is 19.4. The number of fused-ring (bicyclic) bond motifs is 3. The molecule has 12 nitrogen and oxygen atoms in total. The molecule has 6 rings (SSSR count). The van der Waals surface area contributed by atoms with Gasteiger partial charge in [-0.2, -0.15) is 9.50 Å². The molecule has 1 aliphatic rings. The highest BCUT2D eigenvalue weighted by Crippen LogP contribution is 2.27. The van der Waals surface area contributed by atoms with E-state index in [1.165, 1.54) is 16.8 Å². The Labute approximate surface area is 235 Å². The summed E-state index contributed by atoms with van der Waals surface area (Å²) in [6, 6.07) is 8.33. The van der Waals surface area contributed by atoms with Gasteiger partial charge in [-0.25, -0.2) is 9.37 Å². The summed E-state index contributed by atoms with van der Waals surface area (Å²) in [6.07, 6.45) is 3.14. The highest BCUT2D eigenvalue weighted by Gasteiger charge is 2.22. The molecule has 210 valence electrons. The number of piperazine rings is 1. The van der Waals surface area contributed by atoms with Crippen molar-refractivity contribution < 1.29 is 18.1 Å². The van der Waals surface area contributed by atoms with Crippen LogP contribution < -0.4 is 20.2 Å². The van der Waals surface area contributed by atoms with Crippen LogP contribution in [0.5, 0.6) is 5.75 Å². The smallest absolute Gasteiger partial charge is 0.309 e. The second-order valence-electron chi connectivity index (χ2n) is 9.36. The molecular formula is C25H27FN8O4S2. The van der Waals surface area contributed by atoms with Crippen molar-refractivity contribution in [3.8, 4) is 17.3 Å². The van der Waals surface area contributed by atoms with E-state index in [4.69, 9.17) is 14.9 Å². The van der Waals surface area contributed by atoms with E-state index in [0.717, 1.165) is 11.3 Å². The minimum atomic E-state index is -0.956. The first kappa shape index (κ1) is 26.6. The monoisotopic (exact) mass is 586 g/mol. The van der Waals surface area contributed by atoms with Crippen molar-refractivity contribution in [3.63, 3.8) is 0 Å². The molecule has 1 aliphatic heterocycles. The number of nitrogen functional groups attached to an aromatic ring is 1. The normalized spacial score (nSPS) is 15.3. The Hall–Kier alpha value is -3.66. The predicted octanol–water partition coefficient (Wildman–Crippen LogP) is 2.06. The van der Waals surface area contributed by atoms with Crippen molar-refractivity contribution >= 4 is 50.1 Å². The summed E-state index contributed by atoms with van der Waals surface area (Å²) in [5.74, 6) is 1.47. The van der Waals surface area contributed by atoms with Crippen LogP contribution in [-0.2, 0) is 17.7 Å². The summed E-state index contributed by atoms with van der Waals surface area (Å²) in [5.41, 5.74) is 7.64. The lowest BCUT2D eigenvalue weighted by Crippen LogP contribution is -2.47. The van der Waals surface area contributed by atoms with Crippen LogP contribution in [0.4, 0.5) is 16.0 Å². The maximum atomic E-state index is 14.8. The van der Waals surface area contributed by atoms with E-state index in [9.17, 15) is 13.7 Å². The summed E-state index contributed by atoms with van der Waals surface area (Å²) in [7, 11) is 0. The molecule has 1 atom stereocenters. The minimum Gasteiger partial charge on any atom is -0.616 e. The third-order valence-corrected chi connectivity index (χ3v) is 8.48. The largest absolute Gasteiger partial charge is 0.616 e. The van der Waals surface area contributed by atoms with Gasteiger partial charge >= 0.3 is 4.87 Å². The van der Waals surface area contributed by atoms with Gasteiger partial charge in [-0.15, -0.1) is 5.10 Å². The average molecular weight is 587 g/mol. The molecule has 1 fully saturated rings. The van der Waals surface area contributed by atoms with Gasteiger partial charge in [0.05, 0.1) is 18.2 Å².